The van der Waals surface area contributed by atoms with Crippen LogP contribution in [0.5, 0.6) is 0 Å². The van der Waals surface area contributed by atoms with Crippen LogP contribution in [0, 0.1) is 0 Å². The molecule has 0 atom stereocenters. The summed E-state index contributed by atoms with van der Waals surface area (Å²) < 4.78 is 0. The number of nitrogens with zero attached hydrogens (tertiary/aromatic N) is 1. The summed E-state index contributed by atoms with van der Waals surface area (Å²) in [5, 5.41) is 14.3. The molecule has 6 nitrogen and oxygen atoms in total. The first kappa shape index (κ1) is 17.0. The molecule has 6 heteroatoms. The van der Waals surface area contributed by atoms with Gasteiger partial charge in [0.1, 0.15) is 0 Å². The second-order valence-corrected chi connectivity index (χ2v) is 4.70. The number of hydrogen-bond donors (Lipinski definition) is 3. The molecule has 0 aromatic heterocycles. The van der Waals surface area contributed by atoms with Gasteiger partial charge in [0.15, 0.2) is 0 Å². The van der Waals surface area contributed by atoms with Crippen LogP contribution in [0.25, 0.3) is 0 Å². The summed E-state index contributed by atoms with van der Waals surface area (Å²) in [5.41, 5.74) is 0.612. The molecule has 0 saturated carbocycles. The third-order valence-electron chi connectivity index (χ3n) is 3.07. The zero-order valence-corrected chi connectivity index (χ0v) is 12.6. The highest BCUT2D eigenvalue weighted by Gasteiger charge is 2.06. The lowest BCUT2D eigenvalue weighted by molar-refractivity contribution is 0.0697. The van der Waals surface area contributed by atoms with E-state index < -0.39 is 5.97 Å². The number of carboxylic acid groups (broad SMARTS) is 1. The highest BCUT2D eigenvalue weighted by molar-refractivity contribution is 5.93. The molecule has 0 bridgehead atoms. The summed E-state index contributed by atoms with van der Waals surface area (Å²) >= 11 is 0. The summed E-state index contributed by atoms with van der Waals surface area (Å²) in [7, 11) is 0. The van der Waals surface area contributed by atoms with Crippen molar-refractivity contribution in [2.75, 3.05) is 31.5 Å². The normalized spacial score (nSPS) is 10.4. The third-order valence-corrected chi connectivity index (χ3v) is 3.07. The number of nitrogens with one attached hydrogen (secondary N) is 2. The molecule has 0 heterocycles. The molecule has 0 aliphatic carbocycles. The highest BCUT2D eigenvalue weighted by Crippen LogP contribution is 2.10. The molecule has 1 aromatic carbocycles. The minimum Gasteiger partial charge on any atom is -0.478 e. The molecule has 0 unspecified atom stereocenters. The van der Waals surface area contributed by atoms with Crippen LogP contribution in [0.4, 0.5) is 10.5 Å². The molecule has 0 saturated heterocycles. The van der Waals surface area contributed by atoms with Crippen LogP contribution < -0.4 is 10.6 Å². The number of hydrogen-bond acceptors (Lipinski definition) is 3. The highest BCUT2D eigenvalue weighted by atomic mass is 16.4. The van der Waals surface area contributed by atoms with E-state index in [9.17, 15) is 9.59 Å². The van der Waals surface area contributed by atoms with Gasteiger partial charge in [0.05, 0.1) is 5.56 Å². The SMILES string of the molecule is CCCN(CC)CCNC(=O)Nc1cccc(C(=O)O)c1. The van der Waals surface area contributed by atoms with Crippen molar-refractivity contribution in [3.05, 3.63) is 29.8 Å². The molecule has 1 rings (SSSR count). The van der Waals surface area contributed by atoms with Gasteiger partial charge in [-0.15, -0.1) is 0 Å². The molecule has 2 amide bonds. The number of anilines is 1. The number of rotatable bonds is 8. The summed E-state index contributed by atoms with van der Waals surface area (Å²) in [4.78, 5) is 24.8. The molecule has 3 N–H and O–H groups in total. The Bertz CT molecular complexity index is 477. The number of aromatic carboxylic acids is 1. The van der Waals surface area contributed by atoms with Crippen molar-refractivity contribution in [2.24, 2.45) is 0 Å². The first-order chi connectivity index (χ1) is 10.1. The number of benzene rings is 1. The van der Waals surface area contributed by atoms with Gasteiger partial charge in [0.25, 0.3) is 0 Å². The average Bonchev–Trinajstić information content (AvgIpc) is 2.46. The number of urea groups is 1. The standard InChI is InChI=1S/C15H23N3O3/c1-3-9-18(4-2)10-8-16-15(21)17-13-7-5-6-12(11-13)14(19)20/h5-7,11H,3-4,8-10H2,1-2H3,(H,19,20)(H2,16,17,21). The Labute approximate surface area is 125 Å². The fourth-order valence-corrected chi connectivity index (χ4v) is 1.98. The number of carbonyl (C=O) groups excluding carboxylic acids is 1. The Morgan fingerprint density at radius 2 is 2.00 bits per heavy atom. The van der Waals surface area contributed by atoms with Gasteiger partial charge in [0.2, 0.25) is 0 Å². The van der Waals surface area contributed by atoms with Crippen LogP contribution in [0.15, 0.2) is 24.3 Å². The fraction of sp³-hybridized carbons (Fsp3) is 0.467. The molecular formula is C15H23N3O3. The van der Waals surface area contributed by atoms with Crippen molar-refractivity contribution in [1.82, 2.24) is 10.2 Å². The van der Waals surface area contributed by atoms with Gasteiger partial charge in [-0.1, -0.05) is 19.9 Å². The first-order valence-electron chi connectivity index (χ1n) is 7.17. The van der Waals surface area contributed by atoms with Crippen molar-refractivity contribution in [1.29, 1.82) is 0 Å². The second-order valence-electron chi connectivity index (χ2n) is 4.70. The van der Waals surface area contributed by atoms with E-state index in [0.29, 0.717) is 12.2 Å². The second kappa shape index (κ2) is 8.97. The van der Waals surface area contributed by atoms with Crippen LogP contribution in [0.1, 0.15) is 30.6 Å². The van der Waals surface area contributed by atoms with Crippen LogP contribution in [0.3, 0.4) is 0 Å². The van der Waals surface area contributed by atoms with E-state index in [4.69, 9.17) is 5.11 Å². The average molecular weight is 293 g/mol. The van der Waals surface area contributed by atoms with E-state index in [1.807, 2.05) is 0 Å². The predicted octanol–water partition coefficient (Wildman–Crippen LogP) is 2.24. The van der Waals surface area contributed by atoms with Crippen LogP contribution in [-0.2, 0) is 0 Å². The lowest BCUT2D eigenvalue weighted by Crippen LogP contribution is -2.37. The van der Waals surface area contributed by atoms with Crippen molar-refractivity contribution in [3.8, 4) is 0 Å². The number of amides is 2. The van der Waals surface area contributed by atoms with Crippen molar-refractivity contribution >= 4 is 17.7 Å². The molecule has 0 spiro atoms. The Kier molecular flexibility index (Phi) is 7.25. The molecule has 116 valence electrons. The van der Waals surface area contributed by atoms with Crippen LogP contribution >= 0.6 is 0 Å². The van der Waals surface area contributed by atoms with E-state index in [1.165, 1.54) is 12.1 Å². The quantitative estimate of drug-likeness (QED) is 0.686. The molecule has 0 aliphatic heterocycles. The van der Waals surface area contributed by atoms with Gasteiger partial charge >= 0.3 is 12.0 Å². The summed E-state index contributed by atoms with van der Waals surface area (Å²) in [5.74, 6) is -1.02. The zero-order chi connectivity index (χ0) is 15.7. The topological polar surface area (TPSA) is 81.7 Å². The van der Waals surface area contributed by atoms with E-state index in [2.05, 4.69) is 29.4 Å². The Hall–Kier alpha value is -2.08. The van der Waals surface area contributed by atoms with Gasteiger partial charge < -0.3 is 20.6 Å². The molecule has 21 heavy (non-hydrogen) atoms. The van der Waals surface area contributed by atoms with E-state index in [0.717, 1.165) is 26.1 Å². The number of likely N-dealkylation sites (N-methyl/N-ethyl adjacent to an activating group) is 1. The predicted molar refractivity (Wildman–Crippen MR) is 82.8 cm³/mol. The van der Waals surface area contributed by atoms with E-state index >= 15 is 0 Å². The number of carbonyl (C=O) groups is 2. The van der Waals surface area contributed by atoms with Gasteiger partial charge in [-0.3, -0.25) is 0 Å². The van der Waals surface area contributed by atoms with Gasteiger partial charge in [-0.05, 0) is 37.7 Å². The van der Waals surface area contributed by atoms with Gasteiger partial charge in [-0.25, -0.2) is 9.59 Å². The number of carboxylic acids is 1. The van der Waals surface area contributed by atoms with Crippen molar-refractivity contribution in [3.63, 3.8) is 0 Å². The van der Waals surface area contributed by atoms with E-state index in [-0.39, 0.29) is 11.6 Å². The minimum atomic E-state index is -1.02. The molecule has 0 radical (unpaired) electrons. The Balaban J connectivity index is 2.40. The summed E-state index contributed by atoms with van der Waals surface area (Å²) in [6.45, 7) is 7.54. The Morgan fingerprint density at radius 3 is 2.62 bits per heavy atom. The molecule has 1 aromatic rings. The van der Waals surface area contributed by atoms with Crippen LogP contribution in [-0.4, -0.2) is 48.2 Å². The molecule has 0 aliphatic rings. The summed E-state index contributed by atoms with van der Waals surface area (Å²) in [6, 6.07) is 5.83. The lowest BCUT2D eigenvalue weighted by Gasteiger charge is -2.19. The lowest BCUT2D eigenvalue weighted by atomic mass is 10.2. The maximum Gasteiger partial charge on any atom is 0.335 e. The van der Waals surface area contributed by atoms with E-state index in [1.54, 1.807) is 12.1 Å². The molecular weight excluding hydrogens is 270 g/mol. The van der Waals surface area contributed by atoms with Gasteiger partial charge in [-0.2, -0.15) is 0 Å². The monoisotopic (exact) mass is 293 g/mol. The Morgan fingerprint density at radius 1 is 1.24 bits per heavy atom. The molecule has 0 fully saturated rings. The van der Waals surface area contributed by atoms with Gasteiger partial charge in [0, 0.05) is 18.8 Å². The maximum absolute atomic E-state index is 11.7. The van der Waals surface area contributed by atoms with Crippen LogP contribution in [0.2, 0.25) is 0 Å². The largest absolute Gasteiger partial charge is 0.478 e. The third kappa shape index (κ3) is 6.27. The minimum absolute atomic E-state index is 0.146. The summed E-state index contributed by atoms with van der Waals surface area (Å²) in [6.07, 6.45) is 1.09. The first-order valence-corrected chi connectivity index (χ1v) is 7.17. The fourth-order valence-electron chi connectivity index (χ4n) is 1.98. The smallest absolute Gasteiger partial charge is 0.335 e. The van der Waals surface area contributed by atoms with Crippen molar-refractivity contribution in [2.45, 2.75) is 20.3 Å². The zero-order valence-electron chi connectivity index (χ0n) is 12.6. The van der Waals surface area contributed by atoms with Crippen molar-refractivity contribution < 1.29 is 14.7 Å². The maximum atomic E-state index is 11.7.